The molecule has 2 N–H and O–H groups in total. The molecule has 0 unspecified atom stereocenters. The molecule has 2 amide bonds. The van der Waals surface area contributed by atoms with E-state index < -0.39 is 18.0 Å². The lowest BCUT2D eigenvalue weighted by molar-refractivity contribution is -0.139. The van der Waals surface area contributed by atoms with Crippen LogP contribution in [0.3, 0.4) is 0 Å². The van der Waals surface area contributed by atoms with Gasteiger partial charge in [-0.2, -0.15) is 0 Å². The molecule has 3 heterocycles. The molecule has 2 aromatic heterocycles. The van der Waals surface area contributed by atoms with Crippen LogP contribution in [0, 0.1) is 6.92 Å². The molecule has 1 aliphatic heterocycles. The summed E-state index contributed by atoms with van der Waals surface area (Å²) in [6.45, 7) is 6.09. The van der Waals surface area contributed by atoms with Gasteiger partial charge in [-0.15, -0.1) is 0 Å². The maximum atomic E-state index is 12.9. The molecule has 0 spiro atoms. The number of rotatable bonds is 7. The molecule has 0 saturated heterocycles. The second-order valence-electron chi connectivity index (χ2n) is 7.87. The first-order chi connectivity index (χ1) is 15.4. The lowest BCUT2D eigenvalue weighted by Crippen LogP contribution is -2.48. The monoisotopic (exact) mass is 437 g/mol. The van der Waals surface area contributed by atoms with Gasteiger partial charge in [0.25, 0.3) is 0 Å². The number of para-hydroxylation sites is 1. The van der Waals surface area contributed by atoms with Crippen LogP contribution in [0.15, 0.2) is 62.6 Å². The standard InChI is InChI=1S/C24H27N3O5/c1-5-30-23(28)21-17(25-24(29)26-22(21)19-11-10-14(2)31-19)13-27(4)15(3)20-12-16-8-6-7-9-18(16)32-20/h6-12,15,22H,5,13H2,1-4H3,(H2,25,26,29)/t15-,22-/m0/s1. The van der Waals surface area contributed by atoms with Crippen LogP contribution in [0.5, 0.6) is 0 Å². The van der Waals surface area contributed by atoms with Crippen LogP contribution in [-0.2, 0) is 9.53 Å². The van der Waals surface area contributed by atoms with Crippen molar-refractivity contribution in [3.63, 3.8) is 0 Å². The van der Waals surface area contributed by atoms with E-state index in [1.807, 2.05) is 56.1 Å². The number of amides is 2. The van der Waals surface area contributed by atoms with Gasteiger partial charge >= 0.3 is 12.0 Å². The van der Waals surface area contributed by atoms with Crippen molar-refractivity contribution < 1.29 is 23.2 Å². The van der Waals surface area contributed by atoms with Gasteiger partial charge < -0.3 is 24.2 Å². The maximum absolute atomic E-state index is 12.9. The summed E-state index contributed by atoms with van der Waals surface area (Å²) in [7, 11) is 1.91. The fraction of sp³-hybridized carbons (Fsp3) is 0.333. The van der Waals surface area contributed by atoms with Crippen LogP contribution in [-0.4, -0.2) is 37.1 Å². The molecule has 8 nitrogen and oxygen atoms in total. The zero-order chi connectivity index (χ0) is 22.8. The van der Waals surface area contributed by atoms with Gasteiger partial charge in [-0.25, -0.2) is 9.59 Å². The van der Waals surface area contributed by atoms with Gasteiger partial charge in [-0.1, -0.05) is 18.2 Å². The molecular formula is C24H27N3O5. The minimum absolute atomic E-state index is 0.102. The fourth-order valence-electron chi connectivity index (χ4n) is 3.83. The molecule has 0 saturated carbocycles. The lowest BCUT2D eigenvalue weighted by atomic mass is 9.99. The van der Waals surface area contributed by atoms with Crippen molar-refractivity contribution in [3.05, 3.63) is 71.0 Å². The Labute approximate surface area is 186 Å². The molecule has 0 fully saturated rings. The van der Waals surface area contributed by atoms with Crippen LogP contribution in [0.25, 0.3) is 11.0 Å². The third-order valence-corrected chi connectivity index (χ3v) is 5.62. The van der Waals surface area contributed by atoms with E-state index in [0.29, 0.717) is 29.3 Å². The fourth-order valence-corrected chi connectivity index (χ4v) is 3.83. The van der Waals surface area contributed by atoms with Gasteiger partial charge in [-0.3, -0.25) is 4.90 Å². The SMILES string of the molecule is CCOC(=O)C1=C(CN(C)[C@@H](C)c2cc3ccccc3o2)NC(=O)N[C@H]1c1ccc(C)o1. The second-order valence-corrected chi connectivity index (χ2v) is 7.87. The summed E-state index contributed by atoms with van der Waals surface area (Å²) in [4.78, 5) is 27.3. The topological polar surface area (TPSA) is 97.0 Å². The van der Waals surface area contributed by atoms with E-state index in [2.05, 4.69) is 10.6 Å². The van der Waals surface area contributed by atoms with E-state index >= 15 is 0 Å². The zero-order valence-electron chi connectivity index (χ0n) is 18.6. The number of esters is 1. The van der Waals surface area contributed by atoms with E-state index in [4.69, 9.17) is 13.6 Å². The highest BCUT2D eigenvalue weighted by atomic mass is 16.5. The molecule has 3 aromatic rings. The van der Waals surface area contributed by atoms with Gasteiger partial charge in [0.2, 0.25) is 0 Å². The number of carbonyl (C=O) groups is 2. The van der Waals surface area contributed by atoms with Crippen molar-refractivity contribution in [1.82, 2.24) is 15.5 Å². The number of nitrogens with one attached hydrogen (secondary N) is 2. The van der Waals surface area contributed by atoms with Crippen LogP contribution in [0.4, 0.5) is 4.79 Å². The van der Waals surface area contributed by atoms with Crippen LogP contribution >= 0.6 is 0 Å². The highest BCUT2D eigenvalue weighted by Gasteiger charge is 2.36. The number of urea groups is 1. The second kappa shape index (κ2) is 8.92. The molecule has 1 aromatic carbocycles. The van der Waals surface area contributed by atoms with E-state index in [0.717, 1.165) is 16.7 Å². The molecule has 2 atom stereocenters. The summed E-state index contributed by atoms with van der Waals surface area (Å²) in [5.74, 6) is 1.46. The first kappa shape index (κ1) is 21.7. The first-order valence-corrected chi connectivity index (χ1v) is 10.6. The average molecular weight is 437 g/mol. The number of hydrogen-bond acceptors (Lipinski definition) is 6. The Hall–Kier alpha value is -3.52. The van der Waals surface area contributed by atoms with Gasteiger partial charge in [0.05, 0.1) is 18.2 Å². The Bertz CT molecular complexity index is 1140. The molecule has 4 rings (SSSR count). The average Bonchev–Trinajstić information content (AvgIpc) is 3.39. The summed E-state index contributed by atoms with van der Waals surface area (Å²) in [5.41, 5.74) is 1.61. The Morgan fingerprint density at radius 2 is 2.00 bits per heavy atom. The molecule has 0 radical (unpaired) electrons. The van der Waals surface area contributed by atoms with Crippen LogP contribution < -0.4 is 10.6 Å². The van der Waals surface area contributed by atoms with Gasteiger partial charge in [0.15, 0.2) is 0 Å². The highest BCUT2D eigenvalue weighted by Crippen LogP contribution is 2.31. The van der Waals surface area contributed by atoms with Crippen molar-refractivity contribution in [3.8, 4) is 0 Å². The third kappa shape index (κ3) is 4.27. The number of aryl methyl sites for hydroxylation is 1. The summed E-state index contributed by atoms with van der Waals surface area (Å²) in [6.07, 6.45) is 0. The Morgan fingerprint density at radius 3 is 2.69 bits per heavy atom. The number of furan rings is 2. The quantitative estimate of drug-likeness (QED) is 0.538. The lowest BCUT2D eigenvalue weighted by Gasteiger charge is -2.31. The zero-order valence-corrected chi connectivity index (χ0v) is 18.6. The van der Waals surface area contributed by atoms with Crippen LogP contribution in [0.1, 0.15) is 43.2 Å². The van der Waals surface area contributed by atoms with Crippen molar-refractivity contribution in [2.45, 2.75) is 32.9 Å². The first-order valence-electron chi connectivity index (χ1n) is 10.6. The molecule has 32 heavy (non-hydrogen) atoms. The number of benzene rings is 1. The van der Waals surface area contributed by atoms with E-state index in [1.54, 1.807) is 19.1 Å². The third-order valence-electron chi connectivity index (χ3n) is 5.62. The minimum atomic E-state index is -0.735. The Balaban J connectivity index is 1.66. The highest BCUT2D eigenvalue weighted by molar-refractivity contribution is 5.95. The maximum Gasteiger partial charge on any atom is 0.338 e. The molecule has 168 valence electrons. The van der Waals surface area contributed by atoms with Crippen molar-refractivity contribution in [2.75, 3.05) is 20.2 Å². The van der Waals surface area contributed by atoms with Crippen molar-refractivity contribution in [2.24, 2.45) is 0 Å². The molecule has 8 heteroatoms. The van der Waals surface area contributed by atoms with Gasteiger partial charge in [0, 0.05) is 17.6 Å². The van der Waals surface area contributed by atoms with E-state index in [-0.39, 0.29) is 12.6 Å². The number of likely N-dealkylation sites (N-methyl/N-ethyl adjacent to an activating group) is 1. The predicted octanol–water partition coefficient (Wildman–Crippen LogP) is 4.20. The summed E-state index contributed by atoms with van der Waals surface area (Å²) in [6, 6.07) is 12.1. The summed E-state index contributed by atoms with van der Waals surface area (Å²) >= 11 is 0. The summed E-state index contributed by atoms with van der Waals surface area (Å²) in [5, 5.41) is 6.59. The van der Waals surface area contributed by atoms with Gasteiger partial charge in [0.1, 0.15) is 28.9 Å². The van der Waals surface area contributed by atoms with Crippen molar-refractivity contribution >= 4 is 23.0 Å². The molecular weight excluding hydrogens is 410 g/mol. The number of fused-ring (bicyclic) bond motifs is 1. The number of hydrogen-bond donors (Lipinski definition) is 2. The van der Waals surface area contributed by atoms with Crippen molar-refractivity contribution in [1.29, 1.82) is 0 Å². The Morgan fingerprint density at radius 1 is 1.22 bits per heavy atom. The number of ether oxygens (including phenoxy) is 1. The molecule has 0 bridgehead atoms. The predicted molar refractivity (Wildman–Crippen MR) is 119 cm³/mol. The molecule has 0 aliphatic carbocycles. The smallest absolute Gasteiger partial charge is 0.338 e. The number of nitrogens with zero attached hydrogens (tertiary/aromatic N) is 1. The molecule has 1 aliphatic rings. The van der Waals surface area contributed by atoms with Gasteiger partial charge in [-0.05, 0) is 52.1 Å². The summed E-state index contributed by atoms with van der Waals surface area (Å²) < 4.78 is 17.0. The normalized spacial score (nSPS) is 17.4. The van der Waals surface area contributed by atoms with E-state index in [9.17, 15) is 9.59 Å². The number of carbonyl (C=O) groups excluding carboxylic acids is 2. The Kier molecular flexibility index (Phi) is 6.05. The largest absolute Gasteiger partial charge is 0.464 e. The van der Waals surface area contributed by atoms with E-state index in [1.165, 1.54) is 0 Å². The van der Waals surface area contributed by atoms with Crippen LogP contribution in [0.2, 0.25) is 0 Å². The minimum Gasteiger partial charge on any atom is -0.464 e.